The molecule has 1 aliphatic heterocycles. The van der Waals surface area contributed by atoms with Gasteiger partial charge in [-0.3, -0.25) is 14.7 Å². The lowest BCUT2D eigenvalue weighted by atomic mass is 10.1. The van der Waals surface area contributed by atoms with E-state index in [0.717, 1.165) is 58.2 Å². The molecule has 34 heavy (non-hydrogen) atoms. The molecular formula is C27H28N4O2S. The molecule has 0 unspecified atom stereocenters. The first-order chi connectivity index (χ1) is 16.5. The highest BCUT2D eigenvalue weighted by atomic mass is 32.1. The number of aromatic nitrogens is 2. The lowest BCUT2D eigenvalue weighted by Crippen LogP contribution is -2.48. The minimum absolute atomic E-state index is 0.0727. The number of benzene rings is 2. The molecule has 2 aromatic carbocycles. The number of pyridine rings is 1. The molecule has 0 saturated carbocycles. The molecule has 0 bridgehead atoms. The van der Waals surface area contributed by atoms with Crippen LogP contribution in [0, 0.1) is 13.8 Å². The Morgan fingerprint density at radius 2 is 1.76 bits per heavy atom. The van der Waals surface area contributed by atoms with Crippen LogP contribution < -0.4 is 4.74 Å². The van der Waals surface area contributed by atoms with E-state index in [1.165, 1.54) is 5.56 Å². The zero-order valence-electron chi connectivity index (χ0n) is 19.7. The van der Waals surface area contributed by atoms with Crippen LogP contribution in [0.3, 0.4) is 0 Å². The van der Waals surface area contributed by atoms with Crippen molar-refractivity contribution in [1.29, 1.82) is 0 Å². The van der Waals surface area contributed by atoms with Crippen molar-refractivity contribution in [3.05, 3.63) is 76.4 Å². The van der Waals surface area contributed by atoms with Crippen LogP contribution in [0.15, 0.2) is 53.9 Å². The van der Waals surface area contributed by atoms with Crippen LogP contribution in [-0.2, 0) is 6.54 Å². The van der Waals surface area contributed by atoms with Crippen molar-refractivity contribution in [2.45, 2.75) is 20.4 Å². The normalized spacial score (nSPS) is 14.5. The zero-order valence-corrected chi connectivity index (χ0v) is 20.6. The van der Waals surface area contributed by atoms with Crippen LogP contribution >= 0.6 is 11.3 Å². The number of ether oxygens (including phenoxy) is 1. The maximum absolute atomic E-state index is 13.3. The van der Waals surface area contributed by atoms with Gasteiger partial charge in [0.15, 0.2) is 0 Å². The van der Waals surface area contributed by atoms with Gasteiger partial charge in [0, 0.05) is 49.1 Å². The lowest BCUT2D eigenvalue weighted by molar-refractivity contribution is 0.0626. The predicted molar refractivity (Wildman–Crippen MR) is 136 cm³/mol. The van der Waals surface area contributed by atoms with Gasteiger partial charge in [0.2, 0.25) is 0 Å². The van der Waals surface area contributed by atoms with E-state index in [4.69, 9.17) is 9.72 Å². The Balaban J connectivity index is 1.21. The number of thiazole rings is 1. The summed E-state index contributed by atoms with van der Waals surface area (Å²) in [5.41, 5.74) is 5.76. The van der Waals surface area contributed by atoms with Gasteiger partial charge in [-0.15, -0.1) is 11.3 Å². The third-order valence-corrected chi connectivity index (χ3v) is 7.27. The summed E-state index contributed by atoms with van der Waals surface area (Å²) in [4.78, 5) is 27.1. The van der Waals surface area contributed by atoms with Gasteiger partial charge in [-0.2, -0.15) is 0 Å². The fourth-order valence-electron chi connectivity index (χ4n) is 4.36. The number of fused-ring (bicyclic) bond motifs is 1. The van der Waals surface area contributed by atoms with E-state index in [2.05, 4.69) is 34.3 Å². The van der Waals surface area contributed by atoms with Crippen LogP contribution in [-0.4, -0.2) is 59.0 Å². The number of carbonyl (C=O) groups excluding carboxylic acids is 1. The Morgan fingerprint density at radius 3 is 2.50 bits per heavy atom. The smallest absolute Gasteiger partial charge is 0.255 e. The topological polar surface area (TPSA) is 58.6 Å². The first kappa shape index (κ1) is 22.5. The second-order valence-corrected chi connectivity index (χ2v) is 9.62. The SMILES string of the molecule is COc1ccc(-c2nc(CN3CCN(C(=O)c4cc5cc(C)ccc5nc4C)CC3)cs2)cc1. The lowest BCUT2D eigenvalue weighted by Gasteiger charge is -2.34. The summed E-state index contributed by atoms with van der Waals surface area (Å²) >= 11 is 1.66. The van der Waals surface area contributed by atoms with E-state index < -0.39 is 0 Å². The molecule has 6 nitrogen and oxygen atoms in total. The maximum atomic E-state index is 13.3. The van der Waals surface area contributed by atoms with Gasteiger partial charge in [0.05, 0.1) is 29.6 Å². The van der Waals surface area contributed by atoms with Crippen molar-refractivity contribution in [2.75, 3.05) is 33.3 Å². The molecule has 0 radical (unpaired) electrons. The van der Waals surface area contributed by atoms with E-state index in [9.17, 15) is 4.79 Å². The Kier molecular flexibility index (Phi) is 6.30. The number of methoxy groups -OCH3 is 1. The molecule has 1 aliphatic rings. The van der Waals surface area contributed by atoms with Gasteiger partial charge in [0.1, 0.15) is 10.8 Å². The molecule has 0 atom stereocenters. The number of carbonyl (C=O) groups is 1. The van der Waals surface area contributed by atoms with Crippen LogP contribution in [0.2, 0.25) is 0 Å². The second-order valence-electron chi connectivity index (χ2n) is 8.76. The molecule has 2 aromatic heterocycles. The van der Waals surface area contributed by atoms with Crippen molar-refractivity contribution >= 4 is 28.1 Å². The second kappa shape index (κ2) is 9.52. The predicted octanol–water partition coefficient (Wildman–Crippen LogP) is 4.94. The molecule has 3 heterocycles. The number of rotatable bonds is 5. The highest BCUT2D eigenvalue weighted by Gasteiger charge is 2.24. The number of aryl methyl sites for hydroxylation is 2. The van der Waals surface area contributed by atoms with Gasteiger partial charge in [-0.25, -0.2) is 4.98 Å². The Hall–Kier alpha value is -3.29. The third kappa shape index (κ3) is 4.67. The third-order valence-electron chi connectivity index (χ3n) is 6.33. The van der Waals surface area contributed by atoms with Crippen molar-refractivity contribution in [1.82, 2.24) is 19.8 Å². The number of hydrogen-bond acceptors (Lipinski definition) is 6. The molecule has 0 aliphatic carbocycles. The molecule has 7 heteroatoms. The summed E-state index contributed by atoms with van der Waals surface area (Å²) in [7, 11) is 1.67. The maximum Gasteiger partial charge on any atom is 0.255 e. The number of piperazine rings is 1. The van der Waals surface area contributed by atoms with Crippen LogP contribution in [0.4, 0.5) is 0 Å². The van der Waals surface area contributed by atoms with Gasteiger partial charge < -0.3 is 9.64 Å². The molecule has 0 spiro atoms. The van der Waals surface area contributed by atoms with E-state index in [0.29, 0.717) is 18.7 Å². The van der Waals surface area contributed by atoms with Gasteiger partial charge in [0.25, 0.3) is 5.91 Å². The molecule has 1 saturated heterocycles. The molecular weight excluding hydrogens is 444 g/mol. The summed E-state index contributed by atoms with van der Waals surface area (Å²) in [6.07, 6.45) is 0. The number of amides is 1. The summed E-state index contributed by atoms with van der Waals surface area (Å²) in [5, 5.41) is 4.16. The van der Waals surface area contributed by atoms with Gasteiger partial charge >= 0.3 is 0 Å². The van der Waals surface area contributed by atoms with Crippen LogP contribution in [0.1, 0.15) is 27.3 Å². The Labute approximate surface area is 203 Å². The Morgan fingerprint density at radius 1 is 1.00 bits per heavy atom. The van der Waals surface area contributed by atoms with Crippen molar-refractivity contribution in [3.63, 3.8) is 0 Å². The Bertz CT molecular complexity index is 1320. The number of nitrogens with zero attached hydrogens (tertiary/aromatic N) is 4. The van der Waals surface area contributed by atoms with Gasteiger partial charge in [-0.05, 0) is 56.3 Å². The minimum atomic E-state index is 0.0727. The van der Waals surface area contributed by atoms with Crippen LogP contribution in [0.25, 0.3) is 21.5 Å². The highest BCUT2D eigenvalue weighted by molar-refractivity contribution is 7.13. The van der Waals surface area contributed by atoms with Crippen molar-refractivity contribution < 1.29 is 9.53 Å². The van der Waals surface area contributed by atoms with Gasteiger partial charge in [-0.1, -0.05) is 11.6 Å². The summed E-state index contributed by atoms with van der Waals surface area (Å²) < 4.78 is 5.24. The largest absolute Gasteiger partial charge is 0.497 e. The molecule has 174 valence electrons. The highest BCUT2D eigenvalue weighted by Crippen LogP contribution is 2.26. The quantitative estimate of drug-likeness (QED) is 0.412. The minimum Gasteiger partial charge on any atom is -0.497 e. The molecule has 1 amide bonds. The van der Waals surface area contributed by atoms with E-state index in [1.807, 2.05) is 48.2 Å². The van der Waals surface area contributed by atoms with E-state index >= 15 is 0 Å². The molecule has 0 N–H and O–H groups in total. The summed E-state index contributed by atoms with van der Waals surface area (Å²) in [6, 6.07) is 16.1. The number of hydrogen-bond donors (Lipinski definition) is 0. The van der Waals surface area contributed by atoms with E-state index in [-0.39, 0.29) is 5.91 Å². The molecule has 5 rings (SSSR count). The van der Waals surface area contributed by atoms with Crippen molar-refractivity contribution in [2.24, 2.45) is 0 Å². The summed E-state index contributed by atoms with van der Waals surface area (Å²) in [6.45, 7) is 7.86. The monoisotopic (exact) mass is 472 g/mol. The van der Waals surface area contributed by atoms with Crippen LogP contribution in [0.5, 0.6) is 5.75 Å². The fourth-order valence-corrected chi connectivity index (χ4v) is 5.18. The average Bonchev–Trinajstić information content (AvgIpc) is 3.32. The van der Waals surface area contributed by atoms with Crippen molar-refractivity contribution in [3.8, 4) is 16.3 Å². The molecule has 1 fully saturated rings. The zero-order chi connectivity index (χ0) is 23.7. The first-order valence-electron chi connectivity index (χ1n) is 11.5. The standard InChI is InChI=1S/C27H28N4O2S/c1-18-4-9-25-21(14-18)15-24(19(2)28-25)27(32)31-12-10-30(11-13-31)16-22-17-34-26(29-22)20-5-7-23(33-3)8-6-20/h4-9,14-15,17H,10-13,16H2,1-3H3. The van der Waals surface area contributed by atoms with E-state index in [1.54, 1.807) is 18.4 Å². The summed E-state index contributed by atoms with van der Waals surface area (Å²) in [5.74, 6) is 0.918. The molecule has 4 aromatic rings. The fraction of sp³-hybridized carbons (Fsp3) is 0.296. The first-order valence-corrected chi connectivity index (χ1v) is 12.4. The average molecular weight is 473 g/mol.